The minimum absolute atomic E-state index is 0.0458. The lowest BCUT2D eigenvalue weighted by Crippen LogP contribution is -2.28. The molecule has 4 heteroatoms. The number of nitrogens with two attached hydrogens (primary N) is 1. The van der Waals surface area contributed by atoms with Crippen LogP contribution >= 0.6 is 0 Å². The zero-order valence-corrected chi connectivity index (χ0v) is 12.1. The smallest absolute Gasteiger partial charge is 0.246 e. The highest BCUT2D eigenvalue weighted by Gasteiger charge is 2.23. The van der Waals surface area contributed by atoms with Gasteiger partial charge in [-0.05, 0) is 44.0 Å². The number of hydrogen-bond acceptors (Lipinski definition) is 3. The number of carbonyl (C=O) groups is 1. The number of methoxy groups -OCH3 is 1. The Morgan fingerprint density at radius 1 is 1.55 bits per heavy atom. The third-order valence-electron chi connectivity index (χ3n) is 3.72. The lowest BCUT2D eigenvalue weighted by Gasteiger charge is -2.13. The lowest BCUT2D eigenvalue weighted by atomic mass is 10.1. The van der Waals surface area contributed by atoms with E-state index in [1.165, 1.54) is 0 Å². The molecule has 4 nitrogen and oxygen atoms in total. The fourth-order valence-electron chi connectivity index (χ4n) is 2.48. The molecule has 1 aliphatic rings. The number of aryl methyl sites for hydroxylation is 1. The molecule has 1 saturated heterocycles. The number of ether oxygens (including phenoxy) is 1. The third-order valence-corrected chi connectivity index (χ3v) is 3.72. The molecule has 1 unspecified atom stereocenters. The van der Waals surface area contributed by atoms with Crippen LogP contribution in [0.5, 0.6) is 5.75 Å². The highest BCUT2D eigenvalue weighted by molar-refractivity contribution is 5.92. The number of likely N-dealkylation sites (tertiary alicyclic amines) is 1. The molecule has 0 saturated carbocycles. The monoisotopic (exact) mass is 274 g/mol. The molecule has 1 heterocycles. The standard InChI is InChI=1S/C16H22N2O2/c1-12-3-5-15(20-2)14(9-12)4-6-16(19)18-8-7-13(10-17)11-18/h3-6,9,13H,7-8,10-11,17H2,1-2H3. The van der Waals surface area contributed by atoms with E-state index >= 15 is 0 Å². The fraction of sp³-hybridized carbons (Fsp3) is 0.438. The van der Waals surface area contributed by atoms with E-state index in [-0.39, 0.29) is 5.91 Å². The average molecular weight is 274 g/mol. The molecule has 1 aliphatic heterocycles. The Hall–Kier alpha value is -1.81. The van der Waals surface area contributed by atoms with Crippen molar-refractivity contribution in [2.45, 2.75) is 13.3 Å². The second kappa shape index (κ2) is 6.57. The van der Waals surface area contributed by atoms with Gasteiger partial charge in [0.15, 0.2) is 0 Å². The van der Waals surface area contributed by atoms with E-state index in [4.69, 9.17) is 10.5 Å². The van der Waals surface area contributed by atoms with Crippen LogP contribution in [0.1, 0.15) is 17.5 Å². The summed E-state index contributed by atoms with van der Waals surface area (Å²) < 4.78 is 5.30. The van der Waals surface area contributed by atoms with Crippen molar-refractivity contribution in [2.75, 3.05) is 26.7 Å². The Labute approximate surface area is 120 Å². The summed E-state index contributed by atoms with van der Waals surface area (Å²) >= 11 is 0. The highest BCUT2D eigenvalue weighted by atomic mass is 16.5. The molecular weight excluding hydrogens is 252 g/mol. The SMILES string of the molecule is COc1ccc(C)cc1C=CC(=O)N1CCC(CN)C1. The minimum atomic E-state index is 0.0458. The summed E-state index contributed by atoms with van der Waals surface area (Å²) in [5.41, 5.74) is 7.71. The molecule has 1 aromatic carbocycles. The molecule has 0 aromatic heterocycles. The van der Waals surface area contributed by atoms with Crippen LogP contribution in [0.2, 0.25) is 0 Å². The number of hydrogen-bond donors (Lipinski definition) is 1. The van der Waals surface area contributed by atoms with Crippen molar-refractivity contribution in [3.63, 3.8) is 0 Å². The molecule has 20 heavy (non-hydrogen) atoms. The summed E-state index contributed by atoms with van der Waals surface area (Å²) in [5.74, 6) is 1.27. The first-order chi connectivity index (χ1) is 9.63. The van der Waals surface area contributed by atoms with Gasteiger partial charge in [-0.3, -0.25) is 4.79 Å². The van der Waals surface area contributed by atoms with Crippen LogP contribution in [0.3, 0.4) is 0 Å². The second-order valence-corrected chi connectivity index (χ2v) is 5.25. The predicted octanol–water partition coefficient (Wildman–Crippen LogP) is 1.82. The van der Waals surface area contributed by atoms with Crippen LogP contribution in [0.25, 0.3) is 6.08 Å². The van der Waals surface area contributed by atoms with E-state index in [0.29, 0.717) is 12.5 Å². The molecule has 2 N–H and O–H groups in total. The molecule has 1 amide bonds. The second-order valence-electron chi connectivity index (χ2n) is 5.25. The average Bonchev–Trinajstić information content (AvgIpc) is 2.94. The van der Waals surface area contributed by atoms with Gasteiger partial charge in [-0.2, -0.15) is 0 Å². The molecule has 0 spiro atoms. The van der Waals surface area contributed by atoms with Gasteiger partial charge in [-0.1, -0.05) is 11.6 Å². The first-order valence-electron chi connectivity index (χ1n) is 6.95. The van der Waals surface area contributed by atoms with E-state index in [1.54, 1.807) is 13.2 Å². The molecule has 1 fully saturated rings. The van der Waals surface area contributed by atoms with Crippen molar-refractivity contribution in [1.29, 1.82) is 0 Å². The van der Waals surface area contributed by atoms with Crippen LogP contribution in [-0.4, -0.2) is 37.6 Å². The van der Waals surface area contributed by atoms with Gasteiger partial charge in [0.1, 0.15) is 5.75 Å². The Balaban J connectivity index is 2.06. The molecular formula is C16H22N2O2. The van der Waals surface area contributed by atoms with Gasteiger partial charge in [0.25, 0.3) is 0 Å². The van der Waals surface area contributed by atoms with Gasteiger partial charge < -0.3 is 15.4 Å². The van der Waals surface area contributed by atoms with Crippen molar-refractivity contribution < 1.29 is 9.53 Å². The van der Waals surface area contributed by atoms with Gasteiger partial charge in [-0.25, -0.2) is 0 Å². The van der Waals surface area contributed by atoms with Crippen LogP contribution in [-0.2, 0) is 4.79 Å². The zero-order valence-electron chi connectivity index (χ0n) is 12.1. The topological polar surface area (TPSA) is 55.6 Å². The van der Waals surface area contributed by atoms with Gasteiger partial charge in [-0.15, -0.1) is 0 Å². The van der Waals surface area contributed by atoms with E-state index in [0.717, 1.165) is 36.4 Å². The van der Waals surface area contributed by atoms with Gasteiger partial charge >= 0.3 is 0 Å². The summed E-state index contributed by atoms with van der Waals surface area (Å²) in [6.45, 7) is 4.24. The lowest BCUT2D eigenvalue weighted by molar-refractivity contribution is -0.125. The first kappa shape index (κ1) is 14.6. The number of nitrogens with zero attached hydrogens (tertiary/aromatic N) is 1. The fourth-order valence-corrected chi connectivity index (χ4v) is 2.48. The third kappa shape index (κ3) is 3.39. The van der Waals surface area contributed by atoms with E-state index in [2.05, 4.69) is 0 Å². The quantitative estimate of drug-likeness (QED) is 0.852. The van der Waals surface area contributed by atoms with Crippen LogP contribution in [0, 0.1) is 12.8 Å². The molecule has 108 valence electrons. The van der Waals surface area contributed by atoms with Crippen molar-refractivity contribution in [3.05, 3.63) is 35.4 Å². The maximum absolute atomic E-state index is 12.1. The van der Waals surface area contributed by atoms with Gasteiger partial charge in [0, 0.05) is 24.7 Å². The van der Waals surface area contributed by atoms with Crippen LogP contribution in [0.15, 0.2) is 24.3 Å². The summed E-state index contributed by atoms with van der Waals surface area (Å²) in [5, 5.41) is 0. The Kier molecular flexibility index (Phi) is 4.79. The Bertz CT molecular complexity index is 511. The number of benzene rings is 1. The van der Waals surface area contributed by atoms with Crippen LogP contribution in [0.4, 0.5) is 0 Å². The maximum Gasteiger partial charge on any atom is 0.246 e. The predicted molar refractivity (Wildman–Crippen MR) is 80.5 cm³/mol. The first-order valence-corrected chi connectivity index (χ1v) is 6.95. The van der Waals surface area contributed by atoms with Crippen molar-refractivity contribution >= 4 is 12.0 Å². The summed E-state index contributed by atoms with van der Waals surface area (Å²) in [4.78, 5) is 14.0. The maximum atomic E-state index is 12.1. The Morgan fingerprint density at radius 2 is 2.35 bits per heavy atom. The summed E-state index contributed by atoms with van der Waals surface area (Å²) in [6.07, 6.45) is 4.45. The number of carbonyl (C=O) groups excluding carboxylic acids is 1. The highest BCUT2D eigenvalue weighted by Crippen LogP contribution is 2.21. The number of amides is 1. The van der Waals surface area contributed by atoms with E-state index in [9.17, 15) is 4.79 Å². The molecule has 0 radical (unpaired) electrons. The number of rotatable bonds is 4. The molecule has 0 aliphatic carbocycles. The Morgan fingerprint density at radius 3 is 3.00 bits per heavy atom. The van der Waals surface area contributed by atoms with E-state index in [1.807, 2.05) is 36.1 Å². The molecule has 2 rings (SSSR count). The van der Waals surface area contributed by atoms with E-state index < -0.39 is 0 Å². The largest absolute Gasteiger partial charge is 0.496 e. The summed E-state index contributed by atoms with van der Waals surface area (Å²) in [7, 11) is 1.64. The molecule has 0 bridgehead atoms. The normalized spacial score (nSPS) is 18.8. The zero-order chi connectivity index (χ0) is 14.5. The van der Waals surface area contributed by atoms with Crippen molar-refractivity contribution in [2.24, 2.45) is 11.7 Å². The minimum Gasteiger partial charge on any atom is -0.496 e. The van der Waals surface area contributed by atoms with Crippen LogP contribution < -0.4 is 10.5 Å². The summed E-state index contributed by atoms with van der Waals surface area (Å²) in [6, 6.07) is 5.92. The molecule has 1 aromatic rings. The molecule has 1 atom stereocenters. The van der Waals surface area contributed by atoms with Crippen molar-refractivity contribution in [3.8, 4) is 5.75 Å². The van der Waals surface area contributed by atoms with Gasteiger partial charge in [0.05, 0.1) is 7.11 Å². The van der Waals surface area contributed by atoms with Crippen molar-refractivity contribution in [1.82, 2.24) is 4.90 Å². The van der Waals surface area contributed by atoms with Gasteiger partial charge in [0.2, 0.25) is 5.91 Å².